The minimum Gasteiger partial charge on any atom is -0.465 e. The van der Waals surface area contributed by atoms with Crippen molar-refractivity contribution in [1.82, 2.24) is 0 Å². The van der Waals surface area contributed by atoms with Gasteiger partial charge in [-0.25, -0.2) is 0 Å². The molecule has 6 aliphatic rings. The number of rotatable bonds is 4. The fourth-order valence-corrected chi connectivity index (χ4v) is 7.64. The minimum absolute atomic E-state index is 0. The summed E-state index contributed by atoms with van der Waals surface area (Å²) in [7, 11) is 0. The third-order valence-electron chi connectivity index (χ3n) is 7.79. The van der Waals surface area contributed by atoms with Crippen LogP contribution in [0.15, 0.2) is 0 Å². The Bertz CT molecular complexity index is 522. The van der Waals surface area contributed by atoms with E-state index in [1.807, 2.05) is 0 Å². The van der Waals surface area contributed by atoms with Crippen LogP contribution in [-0.2, 0) is 29.3 Å². The van der Waals surface area contributed by atoms with Crippen molar-refractivity contribution in [1.29, 1.82) is 0 Å². The number of hydrogen-bond donors (Lipinski definition) is 0. The van der Waals surface area contributed by atoms with Gasteiger partial charge in [0.15, 0.2) is 0 Å². The van der Waals surface area contributed by atoms with Crippen molar-refractivity contribution in [3.63, 3.8) is 0 Å². The van der Waals surface area contributed by atoms with Gasteiger partial charge in [-0.2, -0.15) is 0 Å². The molecule has 2 nitrogen and oxygen atoms in total. The van der Waals surface area contributed by atoms with E-state index in [4.69, 9.17) is 4.74 Å². The van der Waals surface area contributed by atoms with Gasteiger partial charge in [-0.05, 0) is 73.5 Å². The van der Waals surface area contributed by atoms with Crippen molar-refractivity contribution >= 4 is 5.97 Å². The summed E-state index contributed by atoms with van der Waals surface area (Å²) in [6, 6.07) is 0. The smallest absolute Gasteiger partial charge is 0.465 e. The summed E-state index contributed by atoms with van der Waals surface area (Å²) in [5.41, 5.74) is -0.458. The SMILES string of the molecule is O=C(OCC(F)[C-](F)F)C12CC3CC4C5CC(CC41)C2C5C3.[CH3-].[Os+2]. The molecule has 0 amide bonds. The van der Waals surface area contributed by atoms with Crippen LogP contribution in [0.2, 0.25) is 0 Å². The van der Waals surface area contributed by atoms with Gasteiger partial charge in [0.25, 0.3) is 0 Å². The summed E-state index contributed by atoms with van der Waals surface area (Å²) in [6.45, 7) is -0.823. The minimum atomic E-state index is -2.44. The van der Waals surface area contributed by atoms with Crippen molar-refractivity contribution in [2.75, 3.05) is 6.61 Å². The molecule has 6 rings (SSSR count). The maximum Gasteiger partial charge on any atom is 2.00 e. The molecule has 136 valence electrons. The van der Waals surface area contributed by atoms with E-state index >= 15 is 0 Å². The Morgan fingerprint density at radius 3 is 2.58 bits per heavy atom. The van der Waals surface area contributed by atoms with Gasteiger partial charge in [0.05, 0.1) is 18.2 Å². The summed E-state index contributed by atoms with van der Waals surface area (Å²) in [5, 5.41) is 0. The van der Waals surface area contributed by atoms with Crippen LogP contribution < -0.4 is 0 Å². The Hall–Kier alpha value is -0.104. The molecule has 0 aliphatic heterocycles. The molecule has 0 radical (unpaired) electrons. The number of ether oxygens (including phenoxy) is 1. The maximum absolute atomic E-state index is 13.1. The van der Waals surface area contributed by atoms with Crippen molar-refractivity contribution in [3.8, 4) is 0 Å². The van der Waals surface area contributed by atoms with Crippen molar-refractivity contribution < 1.29 is 42.5 Å². The van der Waals surface area contributed by atoms with Gasteiger partial charge < -0.3 is 20.9 Å². The summed E-state index contributed by atoms with van der Waals surface area (Å²) < 4.78 is 42.6. The zero-order valence-electron chi connectivity index (χ0n) is 13.7. The van der Waals surface area contributed by atoms with E-state index in [0.717, 1.165) is 18.8 Å². The predicted molar refractivity (Wildman–Crippen MR) is 77.7 cm³/mol. The number of alkyl halides is 1. The van der Waals surface area contributed by atoms with E-state index in [-0.39, 0.29) is 33.2 Å². The zero-order chi connectivity index (χ0) is 15.2. The summed E-state index contributed by atoms with van der Waals surface area (Å²) >= 11 is 0. The molecule has 24 heavy (non-hydrogen) atoms. The van der Waals surface area contributed by atoms with Crippen LogP contribution in [0, 0.1) is 60.7 Å². The first-order chi connectivity index (χ1) is 10.5. The molecule has 0 aromatic rings. The summed E-state index contributed by atoms with van der Waals surface area (Å²) in [4.78, 5) is 12.8. The molecular formula is C18H23F3O2Os. The van der Waals surface area contributed by atoms with Crippen LogP contribution in [0.25, 0.3) is 0 Å². The second kappa shape index (κ2) is 5.97. The van der Waals surface area contributed by atoms with Gasteiger partial charge >= 0.3 is 25.8 Å². The molecule has 0 heterocycles. The first-order valence-corrected chi connectivity index (χ1v) is 8.51. The fourth-order valence-electron chi connectivity index (χ4n) is 7.64. The van der Waals surface area contributed by atoms with Gasteiger partial charge in [-0.1, -0.05) is 0 Å². The second-order valence-corrected chi connectivity index (χ2v) is 8.29. The molecule has 0 aromatic carbocycles. The Morgan fingerprint density at radius 2 is 1.88 bits per heavy atom. The van der Waals surface area contributed by atoms with Crippen molar-refractivity contribution in [2.24, 2.45) is 46.8 Å². The first kappa shape index (κ1) is 18.7. The number of hydrogen-bond acceptors (Lipinski definition) is 2. The number of carbonyl (C=O) groups is 1. The van der Waals surface area contributed by atoms with Gasteiger partial charge in [-0.15, -0.1) is 0 Å². The molecule has 0 saturated heterocycles. The quantitative estimate of drug-likeness (QED) is 0.415. The van der Waals surface area contributed by atoms with Crippen molar-refractivity contribution in [2.45, 2.75) is 38.3 Å². The number of carbonyl (C=O) groups excluding carboxylic acids is 1. The van der Waals surface area contributed by atoms with Crippen LogP contribution in [0.4, 0.5) is 13.2 Å². The number of esters is 1. The third kappa shape index (κ3) is 2.07. The van der Waals surface area contributed by atoms with E-state index in [1.165, 1.54) is 19.3 Å². The molecule has 6 aliphatic carbocycles. The number of halogens is 3. The molecule has 0 aromatic heterocycles. The monoisotopic (exact) mass is 520 g/mol. The molecule has 6 fully saturated rings. The van der Waals surface area contributed by atoms with Gasteiger partial charge in [0.1, 0.15) is 0 Å². The van der Waals surface area contributed by atoms with Crippen LogP contribution in [-0.4, -0.2) is 18.7 Å². The predicted octanol–water partition coefficient (Wildman–Crippen LogP) is 4.06. The topological polar surface area (TPSA) is 26.3 Å². The molecular weight excluding hydrogens is 495 g/mol. The van der Waals surface area contributed by atoms with Gasteiger partial charge in [-0.3, -0.25) is 9.18 Å². The van der Waals surface area contributed by atoms with Crippen LogP contribution >= 0.6 is 0 Å². The van der Waals surface area contributed by atoms with Gasteiger partial charge in [0.2, 0.25) is 0 Å². The van der Waals surface area contributed by atoms with E-state index in [9.17, 15) is 18.0 Å². The largest absolute Gasteiger partial charge is 2.00 e. The normalized spacial score (nSPS) is 49.9. The fraction of sp³-hybridized carbons (Fsp3) is 0.833. The van der Waals surface area contributed by atoms with Crippen LogP contribution in [0.5, 0.6) is 0 Å². The summed E-state index contributed by atoms with van der Waals surface area (Å²) in [5.74, 6) is 3.66. The average molecular weight is 519 g/mol. The Balaban J connectivity index is 0.000000845. The molecule has 0 spiro atoms. The standard InChI is InChI=1S/C17H20F3O2.CH3.Os/c18-13(15(19)20)6-22-16(21)17-5-7-1-10-9-3-8(4-12(10)17)14(17)11(9)2-7;;/h7-14H,1-6H2;1H3;/q2*-1;+2. The Morgan fingerprint density at radius 1 is 1.17 bits per heavy atom. The Labute approximate surface area is 154 Å². The van der Waals surface area contributed by atoms with E-state index in [0.29, 0.717) is 35.5 Å². The zero-order valence-corrected chi connectivity index (χ0v) is 16.2. The summed E-state index contributed by atoms with van der Waals surface area (Å²) in [6.07, 6.45) is 0.939. The third-order valence-corrected chi connectivity index (χ3v) is 7.79. The molecule has 7 bridgehead atoms. The first-order valence-electron chi connectivity index (χ1n) is 8.51. The molecule has 0 N–H and O–H groups in total. The van der Waals surface area contributed by atoms with E-state index < -0.39 is 24.6 Å². The van der Waals surface area contributed by atoms with Crippen LogP contribution in [0.1, 0.15) is 32.1 Å². The van der Waals surface area contributed by atoms with Crippen LogP contribution in [0.3, 0.4) is 0 Å². The van der Waals surface area contributed by atoms with Crippen molar-refractivity contribution in [3.05, 3.63) is 13.9 Å². The average Bonchev–Trinajstić information content (AvgIpc) is 2.99. The molecule has 9 atom stereocenters. The Kier molecular flexibility index (Phi) is 4.64. The molecule has 9 unspecified atom stereocenters. The maximum atomic E-state index is 13.1. The molecule has 6 saturated carbocycles. The van der Waals surface area contributed by atoms with Gasteiger partial charge in [0, 0.05) is 6.43 Å². The van der Waals surface area contributed by atoms with E-state index in [1.54, 1.807) is 0 Å². The molecule has 6 heteroatoms. The second-order valence-electron chi connectivity index (χ2n) is 8.29. The van der Waals surface area contributed by atoms with E-state index in [2.05, 4.69) is 0 Å².